The second kappa shape index (κ2) is 7.23. The molecule has 2 aliphatic rings. The van der Waals surface area contributed by atoms with Crippen molar-refractivity contribution >= 4 is 28.1 Å². The molecule has 1 aromatic carbocycles. The molecule has 1 amide bonds. The molecular weight excluding hydrogens is 412 g/mol. The van der Waals surface area contributed by atoms with Gasteiger partial charge in [-0.3, -0.25) is 4.79 Å². The van der Waals surface area contributed by atoms with Gasteiger partial charge in [-0.05, 0) is 44.0 Å². The van der Waals surface area contributed by atoms with E-state index in [0.717, 1.165) is 45.4 Å². The fourth-order valence-electron chi connectivity index (χ4n) is 4.11. The Balaban J connectivity index is 1.55. The van der Waals surface area contributed by atoms with E-state index in [9.17, 15) is 4.79 Å². The molecule has 160 valence electrons. The molecule has 0 saturated heterocycles. The van der Waals surface area contributed by atoms with Gasteiger partial charge in [-0.2, -0.15) is 0 Å². The minimum atomic E-state index is -0.287. The predicted molar refractivity (Wildman–Crippen MR) is 121 cm³/mol. The van der Waals surface area contributed by atoms with Crippen molar-refractivity contribution in [1.29, 1.82) is 0 Å². The zero-order valence-electron chi connectivity index (χ0n) is 18.0. The molecule has 0 radical (unpaired) electrons. The third-order valence-electron chi connectivity index (χ3n) is 5.61. The fourth-order valence-corrected chi connectivity index (χ4v) is 5.12. The van der Waals surface area contributed by atoms with Gasteiger partial charge in [0.25, 0.3) is 5.91 Å². The molecule has 4 heterocycles. The van der Waals surface area contributed by atoms with Crippen molar-refractivity contribution in [3.63, 3.8) is 0 Å². The number of hydrogen-bond acceptors (Lipinski definition) is 7. The van der Waals surface area contributed by atoms with Crippen LogP contribution in [0.2, 0.25) is 0 Å². The maximum absolute atomic E-state index is 12.6. The van der Waals surface area contributed by atoms with Crippen molar-refractivity contribution in [2.45, 2.75) is 32.7 Å². The van der Waals surface area contributed by atoms with Crippen molar-refractivity contribution in [3.8, 4) is 22.8 Å². The Bertz CT molecular complexity index is 1190. The van der Waals surface area contributed by atoms with Crippen molar-refractivity contribution in [1.82, 2.24) is 15.3 Å². The van der Waals surface area contributed by atoms with Crippen LogP contribution in [0.5, 0.6) is 11.6 Å². The summed E-state index contributed by atoms with van der Waals surface area (Å²) >= 11 is 1.44. The summed E-state index contributed by atoms with van der Waals surface area (Å²) < 4.78 is 11.1. The smallest absolute Gasteiger partial charge is 0.263 e. The summed E-state index contributed by atoms with van der Waals surface area (Å²) in [7, 11) is 1.62. The van der Waals surface area contributed by atoms with E-state index in [4.69, 9.17) is 14.5 Å². The average Bonchev–Trinajstić information content (AvgIpc) is 3.15. The van der Waals surface area contributed by atoms with Crippen LogP contribution in [0.4, 0.5) is 10.8 Å². The van der Waals surface area contributed by atoms with Crippen LogP contribution in [0, 0.1) is 6.92 Å². The number of nitrogens with zero attached hydrogens (tertiary/aromatic N) is 3. The Hall–Kier alpha value is -3.13. The number of aryl methyl sites for hydroxylation is 1. The highest BCUT2D eigenvalue weighted by Gasteiger charge is 2.34. The van der Waals surface area contributed by atoms with Crippen molar-refractivity contribution < 1.29 is 14.3 Å². The molecule has 7 nitrogen and oxygen atoms in total. The number of amides is 1. The SMILES string of the molecule is COc1cc(C)c(-c2ccc3c(c2)N(c2nc4c(s2)C(=O)NC(C)(C)C4)CCO3)cn1. The number of pyridine rings is 1. The van der Waals surface area contributed by atoms with Gasteiger partial charge >= 0.3 is 0 Å². The van der Waals surface area contributed by atoms with Gasteiger partial charge in [0.1, 0.15) is 17.2 Å². The molecule has 0 fully saturated rings. The molecule has 0 atom stereocenters. The first-order chi connectivity index (χ1) is 14.8. The van der Waals surface area contributed by atoms with Gasteiger partial charge in [0.15, 0.2) is 5.13 Å². The van der Waals surface area contributed by atoms with E-state index in [2.05, 4.69) is 21.3 Å². The molecule has 5 rings (SSSR count). The first-order valence-electron chi connectivity index (χ1n) is 10.2. The second-order valence-corrected chi connectivity index (χ2v) is 9.49. The van der Waals surface area contributed by atoms with Gasteiger partial charge in [-0.1, -0.05) is 17.4 Å². The first kappa shape index (κ1) is 19.8. The van der Waals surface area contributed by atoms with Crippen LogP contribution in [-0.2, 0) is 6.42 Å². The highest BCUT2D eigenvalue weighted by molar-refractivity contribution is 7.17. The minimum Gasteiger partial charge on any atom is -0.490 e. The topological polar surface area (TPSA) is 76.6 Å². The largest absolute Gasteiger partial charge is 0.490 e. The number of ether oxygens (including phenoxy) is 2. The number of anilines is 2. The van der Waals surface area contributed by atoms with E-state index in [1.807, 2.05) is 45.2 Å². The molecule has 31 heavy (non-hydrogen) atoms. The Morgan fingerprint density at radius 2 is 2.13 bits per heavy atom. The summed E-state index contributed by atoms with van der Waals surface area (Å²) in [6.07, 6.45) is 2.55. The van der Waals surface area contributed by atoms with E-state index in [1.165, 1.54) is 11.3 Å². The van der Waals surface area contributed by atoms with E-state index in [0.29, 0.717) is 23.9 Å². The minimum absolute atomic E-state index is 0.0443. The summed E-state index contributed by atoms with van der Waals surface area (Å²) in [5.74, 6) is 1.36. The number of nitrogens with one attached hydrogen (secondary N) is 1. The summed E-state index contributed by atoms with van der Waals surface area (Å²) in [6.45, 7) is 7.33. The summed E-state index contributed by atoms with van der Waals surface area (Å²) in [6, 6.07) is 8.07. The Kier molecular flexibility index (Phi) is 4.62. The van der Waals surface area contributed by atoms with E-state index >= 15 is 0 Å². The van der Waals surface area contributed by atoms with Gasteiger partial charge in [0.2, 0.25) is 5.88 Å². The quantitative estimate of drug-likeness (QED) is 0.666. The zero-order chi connectivity index (χ0) is 21.8. The van der Waals surface area contributed by atoms with Gasteiger partial charge in [0.05, 0.1) is 25.0 Å². The molecule has 1 N–H and O–H groups in total. The van der Waals surface area contributed by atoms with Crippen LogP contribution in [-0.4, -0.2) is 41.7 Å². The summed E-state index contributed by atoms with van der Waals surface area (Å²) in [5, 5.41) is 3.89. The highest BCUT2D eigenvalue weighted by Crippen LogP contribution is 2.42. The van der Waals surface area contributed by atoms with Crippen LogP contribution in [0.3, 0.4) is 0 Å². The maximum Gasteiger partial charge on any atom is 0.263 e. The van der Waals surface area contributed by atoms with Gasteiger partial charge < -0.3 is 19.7 Å². The van der Waals surface area contributed by atoms with Crippen LogP contribution >= 0.6 is 11.3 Å². The lowest BCUT2D eigenvalue weighted by atomic mass is 9.94. The van der Waals surface area contributed by atoms with Crippen LogP contribution in [0.15, 0.2) is 30.5 Å². The zero-order valence-corrected chi connectivity index (χ0v) is 18.8. The Morgan fingerprint density at radius 1 is 1.29 bits per heavy atom. The normalized spacial score (nSPS) is 16.8. The molecule has 0 aliphatic carbocycles. The number of benzene rings is 1. The van der Waals surface area contributed by atoms with Crippen molar-refractivity contribution in [2.75, 3.05) is 25.2 Å². The standard InChI is InChI=1S/C23H24N4O3S/c1-13-9-19(29-4)24-12-15(13)14-5-6-18-17(10-14)27(7-8-30-18)22-25-16-11-23(2,3)26-21(28)20(16)31-22/h5-6,9-10,12H,7-8,11H2,1-4H3,(H,26,28). The number of carbonyl (C=O) groups excluding carboxylic acids is 1. The van der Waals surface area contributed by atoms with Gasteiger partial charge in [-0.25, -0.2) is 9.97 Å². The molecular formula is C23H24N4O3S. The van der Waals surface area contributed by atoms with E-state index in [-0.39, 0.29) is 11.4 Å². The number of fused-ring (bicyclic) bond motifs is 2. The monoisotopic (exact) mass is 436 g/mol. The highest BCUT2D eigenvalue weighted by atomic mass is 32.1. The number of thiazole rings is 1. The second-order valence-electron chi connectivity index (χ2n) is 8.51. The van der Waals surface area contributed by atoms with Crippen LogP contribution in [0.25, 0.3) is 11.1 Å². The third-order valence-corrected chi connectivity index (χ3v) is 6.73. The molecule has 0 spiro atoms. The van der Waals surface area contributed by atoms with Crippen LogP contribution < -0.4 is 19.7 Å². The van der Waals surface area contributed by atoms with Gasteiger partial charge in [0, 0.05) is 29.8 Å². The van der Waals surface area contributed by atoms with Crippen molar-refractivity contribution in [3.05, 3.63) is 46.6 Å². The molecule has 0 bridgehead atoms. The van der Waals surface area contributed by atoms with E-state index in [1.54, 1.807) is 7.11 Å². The number of hydrogen-bond donors (Lipinski definition) is 1. The summed E-state index contributed by atoms with van der Waals surface area (Å²) in [4.78, 5) is 24.7. The number of aromatic nitrogens is 2. The Labute approximate surface area is 185 Å². The first-order valence-corrected chi connectivity index (χ1v) is 11.0. The summed E-state index contributed by atoms with van der Waals surface area (Å²) in [5.41, 5.74) is 4.69. The predicted octanol–water partition coefficient (Wildman–Crippen LogP) is 4.12. The molecule has 3 aromatic rings. The molecule has 8 heteroatoms. The molecule has 2 aliphatic heterocycles. The Morgan fingerprint density at radius 3 is 2.90 bits per heavy atom. The molecule has 2 aromatic heterocycles. The van der Waals surface area contributed by atoms with E-state index < -0.39 is 0 Å². The average molecular weight is 437 g/mol. The lowest BCUT2D eigenvalue weighted by Gasteiger charge is -2.30. The third kappa shape index (κ3) is 3.50. The van der Waals surface area contributed by atoms with Crippen molar-refractivity contribution in [2.24, 2.45) is 0 Å². The molecule has 0 saturated carbocycles. The molecule has 0 unspecified atom stereocenters. The number of methoxy groups -OCH3 is 1. The lowest BCUT2D eigenvalue weighted by molar-refractivity contribution is 0.0901. The lowest BCUT2D eigenvalue weighted by Crippen LogP contribution is -2.48. The fraction of sp³-hybridized carbons (Fsp3) is 0.348. The van der Waals surface area contributed by atoms with Crippen LogP contribution in [0.1, 0.15) is 34.8 Å². The maximum atomic E-state index is 12.6. The van der Waals surface area contributed by atoms with Gasteiger partial charge in [-0.15, -0.1) is 0 Å². The number of rotatable bonds is 3. The number of carbonyl (C=O) groups is 1.